The molecule has 3 aromatic carbocycles. The van der Waals surface area contributed by atoms with Crippen LogP contribution in [0.15, 0.2) is 83.9 Å². The number of primary amides is 1. The first-order valence-electron chi connectivity index (χ1n) is 13.2. The third kappa shape index (κ3) is 3.99. The number of imide groups is 1. The minimum atomic E-state index is -1.17. The lowest BCUT2D eigenvalue weighted by molar-refractivity contribution is -0.139. The predicted molar refractivity (Wildman–Crippen MR) is 145 cm³/mol. The molecule has 1 saturated heterocycles. The van der Waals surface area contributed by atoms with E-state index in [1.807, 2.05) is 85.8 Å². The molecule has 7 heteroatoms. The Balaban J connectivity index is 1.35. The van der Waals surface area contributed by atoms with Crippen molar-refractivity contribution in [1.82, 2.24) is 10.2 Å². The molecule has 3 atom stereocenters. The lowest BCUT2D eigenvalue weighted by atomic mass is 9.89. The first-order valence-corrected chi connectivity index (χ1v) is 13.2. The van der Waals surface area contributed by atoms with Gasteiger partial charge in [0.15, 0.2) is 0 Å². The molecule has 2 aliphatic carbocycles. The van der Waals surface area contributed by atoms with Crippen molar-refractivity contribution in [1.29, 1.82) is 0 Å². The summed E-state index contributed by atoms with van der Waals surface area (Å²) in [6, 6.07) is 24.3. The number of hydrogen-bond donors (Lipinski definition) is 2. The largest absolute Gasteiger partial charge is 0.368 e. The SMILES string of the molecule is C[C@@H](C1CC1)C(C(N)=O)N1C(=O)N[C@]2(CCc3cc(N=C(c4ccccc4)c4ccccc4)ccc32)C1=O. The summed E-state index contributed by atoms with van der Waals surface area (Å²) in [5.41, 5.74) is 9.92. The summed E-state index contributed by atoms with van der Waals surface area (Å²) < 4.78 is 0. The van der Waals surface area contributed by atoms with Gasteiger partial charge in [0.1, 0.15) is 11.6 Å². The van der Waals surface area contributed by atoms with Crippen molar-refractivity contribution in [2.45, 2.75) is 44.2 Å². The number of benzene rings is 3. The number of amides is 4. The van der Waals surface area contributed by atoms with Crippen molar-refractivity contribution in [2.75, 3.05) is 0 Å². The van der Waals surface area contributed by atoms with Gasteiger partial charge in [0.05, 0.1) is 11.4 Å². The summed E-state index contributed by atoms with van der Waals surface area (Å²) in [7, 11) is 0. The molecule has 7 nitrogen and oxygen atoms in total. The Morgan fingerprint density at radius 3 is 2.21 bits per heavy atom. The second-order valence-corrected chi connectivity index (χ2v) is 10.6. The minimum absolute atomic E-state index is 0.163. The monoisotopic (exact) mass is 506 g/mol. The van der Waals surface area contributed by atoms with Crippen LogP contribution in [-0.4, -0.2) is 34.5 Å². The molecule has 1 spiro atoms. The van der Waals surface area contributed by atoms with Gasteiger partial charge in [-0.2, -0.15) is 0 Å². The summed E-state index contributed by atoms with van der Waals surface area (Å²) >= 11 is 0. The lowest BCUT2D eigenvalue weighted by Gasteiger charge is -2.29. The number of carbonyl (C=O) groups is 3. The average molecular weight is 507 g/mol. The maximum atomic E-state index is 13.8. The van der Waals surface area contributed by atoms with Crippen molar-refractivity contribution in [3.8, 4) is 0 Å². The topological polar surface area (TPSA) is 105 Å². The van der Waals surface area contributed by atoms with E-state index in [0.29, 0.717) is 18.8 Å². The van der Waals surface area contributed by atoms with E-state index in [1.54, 1.807) is 0 Å². The van der Waals surface area contributed by atoms with Gasteiger partial charge < -0.3 is 11.1 Å². The molecular weight excluding hydrogens is 476 g/mol. The van der Waals surface area contributed by atoms with E-state index in [-0.39, 0.29) is 11.8 Å². The van der Waals surface area contributed by atoms with Gasteiger partial charge in [-0.05, 0) is 60.8 Å². The van der Waals surface area contributed by atoms with E-state index < -0.39 is 23.5 Å². The van der Waals surface area contributed by atoms with E-state index in [4.69, 9.17) is 10.7 Å². The average Bonchev–Trinajstić information content (AvgIpc) is 3.68. The molecule has 6 rings (SSSR count). The Hall–Kier alpha value is -4.26. The number of carbonyl (C=O) groups excluding carboxylic acids is 3. The molecule has 1 heterocycles. The molecule has 3 N–H and O–H groups in total. The lowest BCUT2D eigenvalue weighted by Crippen LogP contribution is -2.53. The van der Waals surface area contributed by atoms with Crippen LogP contribution in [0.5, 0.6) is 0 Å². The van der Waals surface area contributed by atoms with Gasteiger partial charge in [0.2, 0.25) is 5.91 Å². The Bertz CT molecular complexity index is 1410. The Morgan fingerprint density at radius 1 is 1.00 bits per heavy atom. The third-order valence-corrected chi connectivity index (χ3v) is 8.21. The number of fused-ring (bicyclic) bond motifs is 2. The van der Waals surface area contributed by atoms with E-state index in [0.717, 1.165) is 51.4 Å². The van der Waals surface area contributed by atoms with Crippen LogP contribution in [0.25, 0.3) is 0 Å². The van der Waals surface area contributed by atoms with Crippen LogP contribution >= 0.6 is 0 Å². The van der Waals surface area contributed by atoms with Crippen molar-refractivity contribution < 1.29 is 14.4 Å². The van der Waals surface area contributed by atoms with Crippen LogP contribution in [0.4, 0.5) is 10.5 Å². The number of urea groups is 1. The molecule has 38 heavy (non-hydrogen) atoms. The molecule has 1 saturated carbocycles. The van der Waals surface area contributed by atoms with Gasteiger partial charge in [-0.25, -0.2) is 14.7 Å². The fraction of sp³-hybridized carbons (Fsp3) is 0.290. The van der Waals surface area contributed by atoms with Crippen LogP contribution in [0.3, 0.4) is 0 Å². The second kappa shape index (κ2) is 9.24. The number of aryl methyl sites for hydroxylation is 1. The zero-order valence-electron chi connectivity index (χ0n) is 21.3. The quantitative estimate of drug-likeness (QED) is 0.365. The van der Waals surface area contributed by atoms with Gasteiger partial charge in [-0.1, -0.05) is 73.7 Å². The highest BCUT2D eigenvalue weighted by Crippen LogP contribution is 2.45. The normalized spacial score (nSPS) is 21.7. The molecule has 3 aliphatic rings. The number of hydrogen-bond acceptors (Lipinski definition) is 4. The number of nitrogens with one attached hydrogen (secondary N) is 1. The van der Waals surface area contributed by atoms with Gasteiger partial charge >= 0.3 is 6.03 Å². The van der Waals surface area contributed by atoms with Crippen molar-refractivity contribution in [2.24, 2.45) is 22.6 Å². The van der Waals surface area contributed by atoms with Crippen molar-refractivity contribution >= 4 is 29.2 Å². The smallest absolute Gasteiger partial charge is 0.326 e. The zero-order chi connectivity index (χ0) is 26.4. The zero-order valence-corrected chi connectivity index (χ0v) is 21.3. The van der Waals surface area contributed by atoms with Crippen molar-refractivity contribution in [3.05, 3.63) is 101 Å². The number of nitrogens with two attached hydrogens (primary N) is 1. The first-order chi connectivity index (χ1) is 18.4. The fourth-order valence-corrected chi connectivity index (χ4v) is 6.05. The van der Waals surface area contributed by atoms with Gasteiger partial charge in [0.25, 0.3) is 5.91 Å². The highest BCUT2D eigenvalue weighted by molar-refractivity contribution is 6.14. The molecule has 3 aromatic rings. The number of aliphatic imine (C=N–C) groups is 1. The molecule has 1 aliphatic heterocycles. The Kier molecular flexibility index (Phi) is 5.86. The molecule has 1 unspecified atom stereocenters. The summed E-state index contributed by atoms with van der Waals surface area (Å²) in [4.78, 5) is 45.5. The van der Waals surface area contributed by atoms with Crippen LogP contribution < -0.4 is 11.1 Å². The summed E-state index contributed by atoms with van der Waals surface area (Å²) in [6.07, 6.45) is 3.02. The molecule has 4 amide bonds. The maximum absolute atomic E-state index is 13.8. The highest BCUT2D eigenvalue weighted by atomic mass is 16.2. The third-order valence-electron chi connectivity index (χ3n) is 8.21. The van der Waals surface area contributed by atoms with E-state index in [2.05, 4.69) is 5.32 Å². The maximum Gasteiger partial charge on any atom is 0.326 e. The highest BCUT2D eigenvalue weighted by Gasteiger charge is 2.59. The standard InChI is InChI=1S/C31H30N4O3/c1-19(20-12-13-20)27(28(32)36)35-29(37)31(34-30(35)38)17-16-23-18-24(14-15-25(23)31)33-26(21-8-4-2-5-9-21)22-10-6-3-7-11-22/h2-11,14-15,18-20,27H,12-13,16-17H2,1H3,(H2,32,36)(H,34,38)/t19-,27?,31-/m0/s1. The molecule has 2 fully saturated rings. The predicted octanol–water partition coefficient (Wildman–Crippen LogP) is 4.45. The van der Waals surface area contributed by atoms with Gasteiger partial charge in [-0.15, -0.1) is 0 Å². The van der Waals surface area contributed by atoms with E-state index in [1.165, 1.54) is 0 Å². The molecule has 0 aromatic heterocycles. The Labute approximate surface area is 221 Å². The number of rotatable bonds is 7. The van der Waals surface area contributed by atoms with E-state index in [9.17, 15) is 14.4 Å². The first kappa shape index (κ1) is 24.1. The van der Waals surface area contributed by atoms with Gasteiger partial charge in [0, 0.05) is 11.1 Å². The molecule has 192 valence electrons. The summed E-state index contributed by atoms with van der Waals surface area (Å²) in [5.74, 6) is -0.876. The van der Waals surface area contributed by atoms with Gasteiger partial charge in [-0.3, -0.25) is 9.59 Å². The molecule has 0 bridgehead atoms. The molecular formula is C31H30N4O3. The second-order valence-electron chi connectivity index (χ2n) is 10.6. The Morgan fingerprint density at radius 2 is 1.63 bits per heavy atom. The van der Waals surface area contributed by atoms with Crippen LogP contribution in [0, 0.1) is 11.8 Å². The summed E-state index contributed by atoms with van der Waals surface area (Å²) in [6.45, 7) is 1.91. The van der Waals surface area contributed by atoms with Crippen molar-refractivity contribution in [3.63, 3.8) is 0 Å². The fourth-order valence-electron chi connectivity index (χ4n) is 6.05. The summed E-state index contributed by atoms with van der Waals surface area (Å²) in [5, 5.41) is 2.94. The minimum Gasteiger partial charge on any atom is -0.368 e. The number of nitrogens with zero attached hydrogens (tertiary/aromatic N) is 2. The van der Waals surface area contributed by atoms with Crippen LogP contribution in [0.1, 0.15) is 48.4 Å². The van der Waals surface area contributed by atoms with Crippen LogP contribution in [-0.2, 0) is 21.5 Å². The van der Waals surface area contributed by atoms with Crippen LogP contribution in [0.2, 0.25) is 0 Å². The molecule has 0 radical (unpaired) electrons. The van der Waals surface area contributed by atoms with E-state index >= 15 is 0 Å².